The van der Waals surface area contributed by atoms with Crippen molar-refractivity contribution in [2.24, 2.45) is 0 Å². The molecule has 1 aliphatic carbocycles. The summed E-state index contributed by atoms with van der Waals surface area (Å²) >= 11 is 12.5. The van der Waals surface area contributed by atoms with Crippen molar-refractivity contribution < 1.29 is 9.59 Å². The lowest BCUT2D eigenvalue weighted by atomic mass is 9.99. The van der Waals surface area contributed by atoms with Crippen LogP contribution in [0.2, 0.25) is 10.0 Å². The molecule has 2 amide bonds. The number of nitrogens with zero attached hydrogens (tertiary/aromatic N) is 1. The molecule has 0 radical (unpaired) electrons. The minimum absolute atomic E-state index is 0.0588. The van der Waals surface area contributed by atoms with Gasteiger partial charge in [0.2, 0.25) is 11.8 Å². The van der Waals surface area contributed by atoms with Gasteiger partial charge in [0.1, 0.15) is 6.04 Å². The van der Waals surface area contributed by atoms with Gasteiger partial charge in [-0.3, -0.25) is 9.59 Å². The molecule has 0 aliphatic heterocycles. The Kier molecular flexibility index (Phi) is 10.5. The quantitative estimate of drug-likeness (QED) is 0.259. The molecule has 0 heterocycles. The summed E-state index contributed by atoms with van der Waals surface area (Å²) in [6, 6.07) is 23.3. The zero-order valence-electron chi connectivity index (χ0n) is 22.8. The molecule has 0 spiro atoms. The van der Waals surface area contributed by atoms with Crippen LogP contribution in [0.25, 0.3) is 0 Å². The molecule has 4 rings (SSSR count). The third-order valence-electron chi connectivity index (χ3n) is 7.58. The number of amides is 2. The summed E-state index contributed by atoms with van der Waals surface area (Å²) in [4.78, 5) is 29.4. The number of hydrogen-bond acceptors (Lipinski definition) is 2. The molecule has 39 heavy (non-hydrogen) atoms. The van der Waals surface area contributed by atoms with Crippen molar-refractivity contribution in [2.75, 3.05) is 0 Å². The van der Waals surface area contributed by atoms with E-state index in [2.05, 4.69) is 43.4 Å². The smallest absolute Gasteiger partial charge is 0.243 e. The molecule has 1 saturated carbocycles. The number of rotatable bonds is 11. The van der Waals surface area contributed by atoms with Gasteiger partial charge in [0.25, 0.3) is 0 Å². The van der Waals surface area contributed by atoms with Crippen LogP contribution in [0.15, 0.2) is 72.8 Å². The van der Waals surface area contributed by atoms with Gasteiger partial charge in [-0.05, 0) is 59.6 Å². The molecule has 1 fully saturated rings. The van der Waals surface area contributed by atoms with Gasteiger partial charge in [0.05, 0.1) is 10.0 Å². The Labute approximate surface area is 242 Å². The third-order valence-corrected chi connectivity index (χ3v) is 8.32. The first kappa shape index (κ1) is 29.2. The van der Waals surface area contributed by atoms with Gasteiger partial charge in [-0.25, -0.2) is 0 Å². The second-order valence-electron chi connectivity index (χ2n) is 10.9. The summed E-state index contributed by atoms with van der Waals surface area (Å²) < 4.78 is 0. The largest absolute Gasteiger partial charge is 0.352 e. The highest BCUT2D eigenvalue weighted by Crippen LogP contribution is 2.25. The van der Waals surface area contributed by atoms with Crippen LogP contribution in [-0.2, 0) is 29.0 Å². The predicted molar refractivity (Wildman–Crippen MR) is 160 cm³/mol. The van der Waals surface area contributed by atoms with Gasteiger partial charge in [0.15, 0.2) is 0 Å². The van der Waals surface area contributed by atoms with Gasteiger partial charge in [0, 0.05) is 25.4 Å². The molecule has 0 aromatic heterocycles. The molecule has 0 saturated heterocycles. The molecule has 3 aromatic rings. The van der Waals surface area contributed by atoms with Crippen LogP contribution in [0.5, 0.6) is 0 Å². The van der Waals surface area contributed by atoms with E-state index in [1.807, 2.05) is 36.4 Å². The van der Waals surface area contributed by atoms with E-state index in [0.717, 1.165) is 42.4 Å². The number of carbonyl (C=O) groups is 2. The van der Waals surface area contributed by atoms with Gasteiger partial charge >= 0.3 is 0 Å². The zero-order chi connectivity index (χ0) is 27.8. The van der Waals surface area contributed by atoms with Crippen LogP contribution in [0.4, 0.5) is 0 Å². The molecule has 6 heteroatoms. The van der Waals surface area contributed by atoms with Crippen molar-refractivity contribution >= 4 is 35.0 Å². The highest BCUT2D eigenvalue weighted by atomic mass is 35.5. The second-order valence-corrected chi connectivity index (χ2v) is 11.7. The Morgan fingerprint density at radius 2 is 1.54 bits per heavy atom. The molecular weight excluding hydrogens is 527 g/mol. The van der Waals surface area contributed by atoms with Crippen molar-refractivity contribution in [3.8, 4) is 0 Å². The number of nitrogens with one attached hydrogen (secondary N) is 1. The maximum absolute atomic E-state index is 13.9. The van der Waals surface area contributed by atoms with Crippen LogP contribution in [0.1, 0.15) is 74.1 Å². The number of carbonyl (C=O) groups excluding carboxylic acids is 2. The summed E-state index contributed by atoms with van der Waals surface area (Å²) in [6.45, 7) is 4.61. The minimum atomic E-state index is -0.640. The molecule has 0 bridgehead atoms. The number of aryl methyl sites for hydroxylation is 1. The summed E-state index contributed by atoms with van der Waals surface area (Å²) in [7, 11) is 0. The van der Waals surface area contributed by atoms with E-state index in [1.54, 1.807) is 17.0 Å². The minimum Gasteiger partial charge on any atom is -0.352 e. The lowest BCUT2D eigenvalue weighted by Gasteiger charge is -2.32. The normalized spacial score (nSPS) is 14.4. The van der Waals surface area contributed by atoms with E-state index in [1.165, 1.54) is 5.56 Å². The Morgan fingerprint density at radius 3 is 2.18 bits per heavy atom. The summed E-state index contributed by atoms with van der Waals surface area (Å²) in [5.74, 6) is 0.302. The number of benzene rings is 3. The number of hydrogen-bond donors (Lipinski definition) is 1. The second kappa shape index (κ2) is 14.0. The average molecular weight is 566 g/mol. The Morgan fingerprint density at radius 1 is 0.872 bits per heavy atom. The lowest BCUT2D eigenvalue weighted by Crippen LogP contribution is -2.52. The fourth-order valence-corrected chi connectivity index (χ4v) is 5.54. The van der Waals surface area contributed by atoms with E-state index < -0.39 is 6.04 Å². The Bertz CT molecular complexity index is 1240. The van der Waals surface area contributed by atoms with Crippen molar-refractivity contribution in [2.45, 2.75) is 83.3 Å². The molecule has 1 aliphatic rings. The molecule has 1 atom stereocenters. The number of halogens is 2. The lowest BCUT2D eigenvalue weighted by molar-refractivity contribution is -0.141. The van der Waals surface area contributed by atoms with E-state index in [-0.39, 0.29) is 24.4 Å². The van der Waals surface area contributed by atoms with Crippen molar-refractivity contribution in [3.63, 3.8) is 0 Å². The van der Waals surface area contributed by atoms with E-state index in [0.29, 0.717) is 35.2 Å². The molecular formula is C33H38Cl2N2O2. The summed E-state index contributed by atoms with van der Waals surface area (Å²) in [5.41, 5.74) is 4.24. The standard InChI is InChI=1S/C33H38Cl2N2O2/c1-23(2)27-16-12-24(13-17-27)15-19-32(38)37(22-26-14-18-29(34)30(35)20-26)31(21-25-8-4-3-5-9-25)33(39)36-28-10-6-7-11-28/h3-5,8-9,12-14,16-18,20,23,28,31H,6-7,10-11,15,19,21-22H2,1-2H3,(H,36,39)/t31-/m0/s1. The molecule has 3 aromatic carbocycles. The van der Waals surface area contributed by atoms with Crippen LogP contribution in [0, 0.1) is 0 Å². The highest BCUT2D eigenvalue weighted by molar-refractivity contribution is 6.42. The summed E-state index contributed by atoms with van der Waals surface area (Å²) in [6.07, 6.45) is 5.57. The average Bonchev–Trinajstić information content (AvgIpc) is 3.45. The van der Waals surface area contributed by atoms with Gasteiger partial charge in [-0.1, -0.05) is 111 Å². The van der Waals surface area contributed by atoms with Crippen LogP contribution in [0.3, 0.4) is 0 Å². The van der Waals surface area contributed by atoms with Gasteiger partial charge < -0.3 is 10.2 Å². The van der Waals surface area contributed by atoms with E-state index >= 15 is 0 Å². The van der Waals surface area contributed by atoms with Gasteiger partial charge in [-0.15, -0.1) is 0 Å². The fourth-order valence-electron chi connectivity index (χ4n) is 5.22. The monoisotopic (exact) mass is 564 g/mol. The topological polar surface area (TPSA) is 49.4 Å². The maximum Gasteiger partial charge on any atom is 0.243 e. The molecule has 1 N–H and O–H groups in total. The first-order valence-electron chi connectivity index (χ1n) is 14.0. The molecule has 4 nitrogen and oxygen atoms in total. The van der Waals surface area contributed by atoms with Crippen LogP contribution >= 0.6 is 23.2 Å². The van der Waals surface area contributed by atoms with E-state index in [9.17, 15) is 9.59 Å². The van der Waals surface area contributed by atoms with Crippen LogP contribution < -0.4 is 5.32 Å². The van der Waals surface area contributed by atoms with Crippen molar-refractivity contribution in [3.05, 3.63) is 105 Å². The maximum atomic E-state index is 13.9. The first-order valence-corrected chi connectivity index (χ1v) is 14.7. The van der Waals surface area contributed by atoms with E-state index in [4.69, 9.17) is 23.2 Å². The summed E-state index contributed by atoms with van der Waals surface area (Å²) in [5, 5.41) is 4.14. The SMILES string of the molecule is CC(C)c1ccc(CCC(=O)N(Cc2ccc(Cl)c(Cl)c2)[C@@H](Cc2ccccc2)C(=O)NC2CCCC2)cc1. The Balaban J connectivity index is 1.60. The third kappa shape index (κ3) is 8.33. The van der Waals surface area contributed by atoms with Crippen molar-refractivity contribution in [1.82, 2.24) is 10.2 Å². The Hall–Kier alpha value is -2.82. The highest BCUT2D eigenvalue weighted by Gasteiger charge is 2.32. The molecule has 206 valence electrons. The zero-order valence-corrected chi connectivity index (χ0v) is 24.3. The fraction of sp³-hybridized carbons (Fsp3) is 0.394. The first-order chi connectivity index (χ1) is 18.8. The molecule has 0 unspecified atom stereocenters. The van der Waals surface area contributed by atoms with Crippen molar-refractivity contribution in [1.29, 1.82) is 0 Å². The predicted octanol–water partition coefficient (Wildman–Crippen LogP) is 7.75. The van der Waals surface area contributed by atoms with Gasteiger partial charge in [-0.2, -0.15) is 0 Å². The van der Waals surface area contributed by atoms with Crippen LogP contribution in [-0.4, -0.2) is 28.8 Å².